The van der Waals surface area contributed by atoms with Gasteiger partial charge < -0.3 is 10.1 Å². The fraction of sp³-hybridized carbons (Fsp3) is 0.308. The molecule has 1 unspecified atom stereocenters. The number of nitrogens with one attached hydrogen (secondary N) is 1. The van der Waals surface area contributed by atoms with Crippen LogP contribution in [0, 0.1) is 0 Å². The Morgan fingerprint density at radius 2 is 2.16 bits per heavy atom. The first-order chi connectivity index (χ1) is 9.24. The molecule has 0 fully saturated rings. The minimum Gasteiger partial charge on any atom is -0.467 e. The van der Waals surface area contributed by atoms with E-state index in [0.717, 1.165) is 11.4 Å². The Labute approximate surface area is 111 Å². The molecule has 1 N–H and O–H groups in total. The van der Waals surface area contributed by atoms with E-state index in [1.165, 1.54) is 7.11 Å². The van der Waals surface area contributed by atoms with E-state index in [4.69, 9.17) is 4.74 Å². The number of aromatic nitrogens is 3. The molecule has 6 heteroatoms. The van der Waals surface area contributed by atoms with Crippen molar-refractivity contribution >= 4 is 11.7 Å². The standard InChI is InChI=1S/C13H16N4O2/c1-3-12(13(18)19-2)16-10-5-4-6-11(7-10)17-8-14-15-9-17/h4-9,12,16H,3H2,1-2H3. The van der Waals surface area contributed by atoms with Crippen LogP contribution in [0.15, 0.2) is 36.9 Å². The molecular formula is C13H16N4O2. The summed E-state index contributed by atoms with van der Waals surface area (Å²) >= 11 is 0. The molecule has 0 saturated heterocycles. The second-order valence-electron chi connectivity index (χ2n) is 4.05. The fourth-order valence-electron chi connectivity index (χ4n) is 1.76. The third kappa shape index (κ3) is 3.09. The Kier molecular flexibility index (Phi) is 4.12. The zero-order valence-corrected chi connectivity index (χ0v) is 10.9. The van der Waals surface area contributed by atoms with Gasteiger partial charge in [-0.2, -0.15) is 0 Å². The second-order valence-corrected chi connectivity index (χ2v) is 4.05. The molecule has 0 saturated carbocycles. The number of hydrogen-bond acceptors (Lipinski definition) is 5. The Hall–Kier alpha value is -2.37. The van der Waals surface area contributed by atoms with Gasteiger partial charge in [0, 0.05) is 5.69 Å². The van der Waals surface area contributed by atoms with Crippen LogP contribution in [-0.4, -0.2) is 33.9 Å². The average Bonchev–Trinajstić information content (AvgIpc) is 2.98. The van der Waals surface area contributed by atoms with Crippen LogP contribution in [-0.2, 0) is 9.53 Å². The Morgan fingerprint density at radius 1 is 1.42 bits per heavy atom. The van der Waals surface area contributed by atoms with Gasteiger partial charge in [-0.15, -0.1) is 10.2 Å². The Morgan fingerprint density at radius 3 is 2.79 bits per heavy atom. The van der Waals surface area contributed by atoms with Crippen molar-refractivity contribution in [2.75, 3.05) is 12.4 Å². The quantitative estimate of drug-likeness (QED) is 0.827. The highest BCUT2D eigenvalue weighted by Crippen LogP contribution is 2.16. The lowest BCUT2D eigenvalue weighted by molar-refractivity contribution is -0.141. The number of benzene rings is 1. The van der Waals surface area contributed by atoms with Crippen LogP contribution < -0.4 is 5.32 Å². The molecule has 0 aliphatic heterocycles. The van der Waals surface area contributed by atoms with Gasteiger partial charge in [0.15, 0.2) is 0 Å². The first kappa shape index (κ1) is 13.1. The molecular weight excluding hydrogens is 244 g/mol. The van der Waals surface area contributed by atoms with Crippen LogP contribution in [0.5, 0.6) is 0 Å². The number of nitrogens with zero attached hydrogens (tertiary/aromatic N) is 3. The Bertz CT molecular complexity index is 539. The summed E-state index contributed by atoms with van der Waals surface area (Å²) in [6.07, 6.45) is 3.90. The number of esters is 1. The summed E-state index contributed by atoms with van der Waals surface area (Å²) in [5.74, 6) is -0.266. The zero-order chi connectivity index (χ0) is 13.7. The molecule has 19 heavy (non-hydrogen) atoms. The van der Waals surface area contributed by atoms with Gasteiger partial charge in [0.2, 0.25) is 0 Å². The lowest BCUT2D eigenvalue weighted by atomic mass is 10.2. The maximum Gasteiger partial charge on any atom is 0.328 e. The average molecular weight is 260 g/mol. The number of hydrogen-bond donors (Lipinski definition) is 1. The van der Waals surface area contributed by atoms with Gasteiger partial charge in [-0.25, -0.2) is 4.79 Å². The first-order valence-corrected chi connectivity index (χ1v) is 6.04. The molecule has 2 rings (SSSR count). The number of methoxy groups -OCH3 is 1. The maximum absolute atomic E-state index is 11.6. The highest BCUT2D eigenvalue weighted by atomic mass is 16.5. The van der Waals surface area contributed by atoms with Crippen molar-refractivity contribution in [2.45, 2.75) is 19.4 Å². The van der Waals surface area contributed by atoms with E-state index in [2.05, 4.69) is 15.5 Å². The summed E-state index contributed by atoms with van der Waals surface area (Å²) in [6.45, 7) is 1.93. The third-order valence-electron chi connectivity index (χ3n) is 2.80. The van der Waals surface area contributed by atoms with Crippen molar-refractivity contribution in [3.63, 3.8) is 0 Å². The maximum atomic E-state index is 11.6. The number of carbonyl (C=O) groups excluding carboxylic acids is 1. The van der Waals surface area contributed by atoms with Crippen LogP contribution in [0.3, 0.4) is 0 Å². The van der Waals surface area contributed by atoms with Crippen LogP contribution in [0.4, 0.5) is 5.69 Å². The van der Waals surface area contributed by atoms with Gasteiger partial charge >= 0.3 is 5.97 Å². The van der Waals surface area contributed by atoms with E-state index < -0.39 is 0 Å². The van der Waals surface area contributed by atoms with Crippen molar-refractivity contribution in [1.29, 1.82) is 0 Å². The van der Waals surface area contributed by atoms with Crippen LogP contribution in [0.25, 0.3) is 5.69 Å². The number of anilines is 1. The molecule has 1 aromatic heterocycles. The number of carbonyl (C=O) groups is 1. The van der Waals surface area contributed by atoms with E-state index in [9.17, 15) is 4.79 Å². The van der Waals surface area contributed by atoms with Gasteiger partial charge in [0.1, 0.15) is 18.7 Å². The van der Waals surface area contributed by atoms with E-state index in [0.29, 0.717) is 6.42 Å². The summed E-state index contributed by atoms with van der Waals surface area (Å²) in [5, 5.41) is 10.7. The second kappa shape index (κ2) is 5.99. The van der Waals surface area contributed by atoms with Gasteiger partial charge in [-0.05, 0) is 24.6 Å². The van der Waals surface area contributed by atoms with Crippen molar-refractivity contribution in [1.82, 2.24) is 14.8 Å². The van der Waals surface area contributed by atoms with E-state index in [1.807, 2.05) is 31.2 Å². The van der Waals surface area contributed by atoms with Gasteiger partial charge in [-0.3, -0.25) is 4.57 Å². The largest absolute Gasteiger partial charge is 0.467 e. The smallest absolute Gasteiger partial charge is 0.328 e. The molecule has 0 bridgehead atoms. The van der Waals surface area contributed by atoms with Gasteiger partial charge in [-0.1, -0.05) is 13.0 Å². The predicted octanol–water partition coefficient (Wildman–Crippen LogP) is 1.63. The molecule has 6 nitrogen and oxygen atoms in total. The molecule has 0 amide bonds. The molecule has 0 spiro atoms. The Balaban J connectivity index is 2.17. The molecule has 2 aromatic rings. The van der Waals surface area contributed by atoms with E-state index in [1.54, 1.807) is 17.2 Å². The minimum absolute atomic E-state index is 0.266. The molecule has 0 aliphatic carbocycles. The van der Waals surface area contributed by atoms with Gasteiger partial charge in [0.25, 0.3) is 0 Å². The topological polar surface area (TPSA) is 69.0 Å². The molecule has 0 aliphatic rings. The zero-order valence-electron chi connectivity index (χ0n) is 10.9. The van der Waals surface area contributed by atoms with Crippen molar-refractivity contribution < 1.29 is 9.53 Å². The molecule has 0 radical (unpaired) electrons. The highest BCUT2D eigenvalue weighted by Gasteiger charge is 2.16. The number of rotatable bonds is 5. The lowest BCUT2D eigenvalue weighted by Crippen LogP contribution is -2.29. The summed E-state index contributed by atoms with van der Waals surface area (Å²) in [5.41, 5.74) is 1.78. The van der Waals surface area contributed by atoms with E-state index >= 15 is 0 Å². The summed E-state index contributed by atoms with van der Waals surface area (Å²) in [7, 11) is 1.39. The normalized spacial score (nSPS) is 11.9. The predicted molar refractivity (Wildman–Crippen MR) is 71.1 cm³/mol. The lowest BCUT2D eigenvalue weighted by Gasteiger charge is -2.16. The van der Waals surface area contributed by atoms with Crippen molar-refractivity contribution in [3.05, 3.63) is 36.9 Å². The van der Waals surface area contributed by atoms with Crippen LogP contribution >= 0.6 is 0 Å². The van der Waals surface area contributed by atoms with Gasteiger partial charge in [0.05, 0.1) is 12.8 Å². The summed E-state index contributed by atoms with van der Waals surface area (Å²) in [4.78, 5) is 11.6. The summed E-state index contributed by atoms with van der Waals surface area (Å²) < 4.78 is 6.55. The molecule has 1 aromatic carbocycles. The molecule has 1 heterocycles. The number of ether oxygens (including phenoxy) is 1. The minimum atomic E-state index is -0.346. The van der Waals surface area contributed by atoms with Crippen molar-refractivity contribution in [3.8, 4) is 5.69 Å². The first-order valence-electron chi connectivity index (χ1n) is 6.04. The van der Waals surface area contributed by atoms with Crippen molar-refractivity contribution in [2.24, 2.45) is 0 Å². The fourth-order valence-corrected chi connectivity index (χ4v) is 1.76. The highest BCUT2D eigenvalue weighted by molar-refractivity contribution is 5.79. The van der Waals surface area contributed by atoms with E-state index in [-0.39, 0.29) is 12.0 Å². The molecule has 1 atom stereocenters. The van der Waals surface area contributed by atoms with Crippen LogP contribution in [0.2, 0.25) is 0 Å². The molecule has 100 valence electrons. The van der Waals surface area contributed by atoms with Crippen LogP contribution in [0.1, 0.15) is 13.3 Å². The summed E-state index contributed by atoms with van der Waals surface area (Å²) in [6, 6.07) is 7.32. The monoisotopic (exact) mass is 260 g/mol. The third-order valence-corrected chi connectivity index (χ3v) is 2.80. The SMILES string of the molecule is CCC(Nc1cccc(-n2cnnc2)c1)C(=O)OC.